The van der Waals surface area contributed by atoms with Gasteiger partial charge in [-0.2, -0.15) is 0 Å². The van der Waals surface area contributed by atoms with Crippen molar-refractivity contribution >= 4 is 6.29 Å². The number of carbonyl (C=O) groups excluding carboxylic acids is 1. The molecule has 0 radical (unpaired) electrons. The van der Waals surface area contributed by atoms with Crippen molar-refractivity contribution in [2.75, 3.05) is 14.2 Å². The van der Waals surface area contributed by atoms with Gasteiger partial charge in [-0.1, -0.05) is 0 Å². The molecule has 1 rings (SSSR count). The zero-order valence-corrected chi connectivity index (χ0v) is 8.04. The molecule has 0 heterocycles. The number of carbonyl (C=O) groups is 1. The molecule has 14 heavy (non-hydrogen) atoms. The Morgan fingerprint density at radius 3 is 2.36 bits per heavy atom. The molecule has 0 aliphatic heterocycles. The van der Waals surface area contributed by atoms with E-state index in [9.17, 15) is 9.18 Å². The Morgan fingerprint density at radius 2 is 1.86 bits per heavy atom. The third-order valence-electron chi connectivity index (χ3n) is 1.86. The summed E-state index contributed by atoms with van der Waals surface area (Å²) in [5, 5.41) is 0. The summed E-state index contributed by atoms with van der Waals surface area (Å²) >= 11 is 0. The second-order valence-corrected chi connectivity index (χ2v) is 2.67. The summed E-state index contributed by atoms with van der Waals surface area (Å²) in [7, 11) is 2.89. The Balaban J connectivity index is 3.15. The van der Waals surface area contributed by atoms with Crippen LogP contribution in [0.1, 0.15) is 5.56 Å². The van der Waals surface area contributed by atoms with Gasteiger partial charge >= 0.3 is 0 Å². The minimum absolute atomic E-state index is 0.0339. The Bertz CT molecular complexity index is 336. The number of aldehydes is 1. The van der Waals surface area contributed by atoms with Gasteiger partial charge < -0.3 is 14.3 Å². The standard InChI is InChI=1S/C10H11FO3/c1-13-9-5-7(3-4-12)8(11)6-10(9)14-2/h4-6H,3H2,1-2H3. The van der Waals surface area contributed by atoms with E-state index in [1.54, 1.807) is 0 Å². The smallest absolute Gasteiger partial charge is 0.163 e. The van der Waals surface area contributed by atoms with Crippen molar-refractivity contribution in [3.8, 4) is 11.5 Å². The highest BCUT2D eigenvalue weighted by Gasteiger charge is 2.10. The largest absolute Gasteiger partial charge is 0.493 e. The normalized spacial score (nSPS) is 9.64. The van der Waals surface area contributed by atoms with Crippen molar-refractivity contribution in [2.24, 2.45) is 0 Å². The second-order valence-electron chi connectivity index (χ2n) is 2.67. The van der Waals surface area contributed by atoms with Crippen LogP contribution < -0.4 is 9.47 Å². The third kappa shape index (κ3) is 2.02. The Hall–Kier alpha value is -1.58. The fourth-order valence-electron chi connectivity index (χ4n) is 1.14. The Morgan fingerprint density at radius 1 is 1.29 bits per heavy atom. The molecule has 0 aliphatic rings. The van der Waals surface area contributed by atoms with Crippen LogP contribution in [0.2, 0.25) is 0 Å². The van der Waals surface area contributed by atoms with Gasteiger partial charge in [0.1, 0.15) is 12.1 Å². The highest BCUT2D eigenvalue weighted by molar-refractivity contribution is 5.57. The van der Waals surface area contributed by atoms with Gasteiger partial charge in [0.15, 0.2) is 11.5 Å². The lowest BCUT2D eigenvalue weighted by atomic mass is 10.1. The van der Waals surface area contributed by atoms with Crippen molar-refractivity contribution in [2.45, 2.75) is 6.42 Å². The van der Waals surface area contributed by atoms with E-state index in [0.29, 0.717) is 23.3 Å². The monoisotopic (exact) mass is 198 g/mol. The number of hydrogen-bond acceptors (Lipinski definition) is 3. The average Bonchev–Trinajstić information content (AvgIpc) is 2.20. The van der Waals surface area contributed by atoms with E-state index in [1.165, 1.54) is 26.4 Å². The van der Waals surface area contributed by atoms with E-state index in [2.05, 4.69) is 0 Å². The van der Waals surface area contributed by atoms with Gasteiger partial charge in [0, 0.05) is 12.5 Å². The Kier molecular flexibility index (Phi) is 3.45. The molecule has 0 aromatic heterocycles. The molecule has 1 aromatic rings. The summed E-state index contributed by atoms with van der Waals surface area (Å²) in [5.41, 5.74) is 0.303. The SMILES string of the molecule is COc1cc(F)c(CC=O)cc1OC. The molecule has 0 saturated carbocycles. The van der Waals surface area contributed by atoms with Crippen LogP contribution in [0.25, 0.3) is 0 Å². The fraction of sp³-hybridized carbons (Fsp3) is 0.300. The van der Waals surface area contributed by atoms with Crippen molar-refractivity contribution < 1.29 is 18.7 Å². The molecule has 0 bridgehead atoms. The molecule has 0 saturated heterocycles. The summed E-state index contributed by atoms with van der Waals surface area (Å²) < 4.78 is 23.1. The molecule has 0 unspecified atom stereocenters. The van der Waals surface area contributed by atoms with Gasteiger partial charge in [0.2, 0.25) is 0 Å². The fourth-order valence-corrected chi connectivity index (χ4v) is 1.14. The lowest BCUT2D eigenvalue weighted by Crippen LogP contribution is -1.97. The van der Waals surface area contributed by atoms with Crippen LogP contribution >= 0.6 is 0 Å². The van der Waals surface area contributed by atoms with E-state index in [-0.39, 0.29) is 6.42 Å². The van der Waals surface area contributed by atoms with E-state index in [0.717, 1.165) is 0 Å². The molecule has 0 spiro atoms. The lowest BCUT2D eigenvalue weighted by Gasteiger charge is -2.09. The highest BCUT2D eigenvalue weighted by atomic mass is 19.1. The minimum atomic E-state index is -0.463. The first-order valence-electron chi connectivity index (χ1n) is 4.07. The average molecular weight is 198 g/mol. The summed E-state index contributed by atoms with van der Waals surface area (Å²) in [5.74, 6) is 0.278. The molecule has 0 N–H and O–H groups in total. The molecule has 1 aromatic carbocycles. The predicted octanol–water partition coefficient (Wildman–Crippen LogP) is 1.58. The molecule has 4 heteroatoms. The van der Waals surface area contributed by atoms with Crippen LogP contribution in [0.5, 0.6) is 11.5 Å². The van der Waals surface area contributed by atoms with Gasteiger partial charge in [0.05, 0.1) is 14.2 Å². The number of halogens is 1. The van der Waals surface area contributed by atoms with Gasteiger partial charge in [-0.3, -0.25) is 0 Å². The second kappa shape index (κ2) is 4.60. The molecule has 0 aliphatic carbocycles. The molecule has 0 fully saturated rings. The zero-order valence-electron chi connectivity index (χ0n) is 8.04. The molecular weight excluding hydrogens is 187 g/mol. The van der Waals surface area contributed by atoms with E-state index in [4.69, 9.17) is 9.47 Å². The van der Waals surface area contributed by atoms with Crippen LogP contribution in [-0.4, -0.2) is 20.5 Å². The zero-order chi connectivity index (χ0) is 10.6. The van der Waals surface area contributed by atoms with Crippen molar-refractivity contribution in [1.82, 2.24) is 0 Å². The van der Waals surface area contributed by atoms with Gasteiger partial charge in [-0.25, -0.2) is 4.39 Å². The number of hydrogen-bond donors (Lipinski definition) is 0. The molecular formula is C10H11FO3. The van der Waals surface area contributed by atoms with Crippen LogP contribution in [0.15, 0.2) is 12.1 Å². The maximum atomic E-state index is 13.2. The first-order chi connectivity index (χ1) is 6.72. The summed E-state index contributed by atoms with van der Waals surface area (Å²) in [4.78, 5) is 10.2. The number of methoxy groups -OCH3 is 2. The van der Waals surface area contributed by atoms with Gasteiger partial charge in [0.25, 0.3) is 0 Å². The van der Waals surface area contributed by atoms with Gasteiger partial charge in [-0.15, -0.1) is 0 Å². The molecule has 3 nitrogen and oxygen atoms in total. The Labute approximate surface area is 81.4 Å². The summed E-state index contributed by atoms with van der Waals surface area (Å²) in [6.07, 6.45) is 0.677. The molecule has 76 valence electrons. The van der Waals surface area contributed by atoms with Crippen molar-refractivity contribution in [3.63, 3.8) is 0 Å². The van der Waals surface area contributed by atoms with Crippen molar-refractivity contribution in [3.05, 3.63) is 23.5 Å². The summed E-state index contributed by atoms with van der Waals surface area (Å²) in [6, 6.07) is 2.67. The first kappa shape index (κ1) is 10.5. The van der Waals surface area contributed by atoms with Gasteiger partial charge in [-0.05, 0) is 11.6 Å². The number of benzene rings is 1. The quantitative estimate of drug-likeness (QED) is 0.689. The van der Waals surface area contributed by atoms with Crippen LogP contribution in [-0.2, 0) is 11.2 Å². The highest BCUT2D eigenvalue weighted by Crippen LogP contribution is 2.29. The minimum Gasteiger partial charge on any atom is -0.493 e. The number of rotatable bonds is 4. The van der Waals surface area contributed by atoms with Crippen molar-refractivity contribution in [1.29, 1.82) is 0 Å². The molecule has 0 amide bonds. The summed E-state index contributed by atoms with van der Waals surface area (Å²) in [6.45, 7) is 0. The molecule has 0 atom stereocenters. The van der Waals surface area contributed by atoms with Crippen LogP contribution in [0.3, 0.4) is 0 Å². The lowest BCUT2D eigenvalue weighted by molar-refractivity contribution is -0.107. The van der Waals surface area contributed by atoms with E-state index >= 15 is 0 Å². The van der Waals surface area contributed by atoms with Crippen LogP contribution in [0.4, 0.5) is 4.39 Å². The first-order valence-corrected chi connectivity index (χ1v) is 4.07. The predicted molar refractivity (Wildman–Crippen MR) is 49.3 cm³/mol. The third-order valence-corrected chi connectivity index (χ3v) is 1.86. The van der Waals surface area contributed by atoms with E-state index in [1.807, 2.05) is 0 Å². The maximum Gasteiger partial charge on any atom is 0.163 e. The number of ether oxygens (including phenoxy) is 2. The van der Waals surface area contributed by atoms with E-state index < -0.39 is 5.82 Å². The maximum absolute atomic E-state index is 13.2. The van der Waals surface area contributed by atoms with Crippen LogP contribution in [0, 0.1) is 5.82 Å². The topological polar surface area (TPSA) is 35.5 Å².